The Bertz CT molecular complexity index is 422. The molecule has 0 bridgehead atoms. The first-order valence-electron chi connectivity index (χ1n) is 6.53. The number of benzene rings is 1. The van der Waals surface area contributed by atoms with E-state index in [4.69, 9.17) is 10.2 Å². The summed E-state index contributed by atoms with van der Waals surface area (Å²) in [7, 11) is 0. The molecule has 0 atom stereocenters. The molecule has 6 nitrogen and oxygen atoms in total. The Balaban J connectivity index is 2.54. The van der Waals surface area contributed by atoms with Crippen LogP contribution in [0.5, 0.6) is 0 Å². The van der Waals surface area contributed by atoms with Crippen molar-refractivity contribution < 1.29 is 19.8 Å². The summed E-state index contributed by atoms with van der Waals surface area (Å²) in [5.74, 6) is -0.949. The second-order valence-corrected chi connectivity index (χ2v) is 4.36. The smallest absolute Gasteiger partial charge is 0.317 e. The molecular formula is C14H20N2O4. The lowest BCUT2D eigenvalue weighted by atomic mass is 10.2. The van der Waals surface area contributed by atoms with Crippen molar-refractivity contribution in [1.29, 1.82) is 0 Å². The van der Waals surface area contributed by atoms with Crippen LogP contribution in [0.3, 0.4) is 0 Å². The number of aliphatic hydroxyl groups excluding tert-OH is 1. The minimum absolute atomic E-state index is 0.00763. The molecule has 2 amide bonds. The van der Waals surface area contributed by atoms with Gasteiger partial charge in [0.1, 0.15) is 0 Å². The lowest BCUT2D eigenvalue weighted by Crippen LogP contribution is -2.41. The van der Waals surface area contributed by atoms with E-state index >= 15 is 0 Å². The van der Waals surface area contributed by atoms with E-state index < -0.39 is 5.97 Å². The van der Waals surface area contributed by atoms with Crippen LogP contribution in [-0.2, 0) is 11.3 Å². The molecule has 0 radical (unpaired) electrons. The predicted octanol–water partition coefficient (Wildman–Crippen LogP) is 1.06. The quantitative estimate of drug-likeness (QED) is 0.664. The zero-order valence-corrected chi connectivity index (χ0v) is 11.3. The maximum Gasteiger partial charge on any atom is 0.317 e. The third kappa shape index (κ3) is 6.19. The Morgan fingerprint density at radius 2 is 1.90 bits per heavy atom. The maximum absolute atomic E-state index is 12.0. The number of aliphatic hydroxyl groups is 1. The van der Waals surface area contributed by atoms with E-state index in [9.17, 15) is 9.59 Å². The minimum Gasteiger partial charge on any atom is -0.481 e. The average molecular weight is 280 g/mol. The third-order valence-corrected chi connectivity index (χ3v) is 2.70. The van der Waals surface area contributed by atoms with Gasteiger partial charge in [-0.2, -0.15) is 0 Å². The van der Waals surface area contributed by atoms with Gasteiger partial charge in [-0.1, -0.05) is 30.3 Å². The van der Waals surface area contributed by atoms with Crippen molar-refractivity contribution in [2.24, 2.45) is 0 Å². The largest absolute Gasteiger partial charge is 0.481 e. The number of nitrogens with one attached hydrogen (secondary N) is 1. The fraction of sp³-hybridized carbons (Fsp3) is 0.429. The number of rotatable bonds is 8. The van der Waals surface area contributed by atoms with Crippen LogP contribution in [-0.4, -0.2) is 46.8 Å². The van der Waals surface area contributed by atoms with Gasteiger partial charge in [0.05, 0.1) is 6.42 Å². The highest BCUT2D eigenvalue weighted by molar-refractivity contribution is 5.75. The molecule has 0 saturated heterocycles. The molecule has 1 aromatic rings. The number of carbonyl (C=O) groups excluding carboxylic acids is 1. The van der Waals surface area contributed by atoms with E-state index in [2.05, 4.69) is 5.32 Å². The van der Waals surface area contributed by atoms with Crippen LogP contribution in [0.25, 0.3) is 0 Å². The Morgan fingerprint density at radius 3 is 2.50 bits per heavy atom. The molecule has 0 spiro atoms. The summed E-state index contributed by atoms with van der Waals surface area (Å²) in [6.45, 7) is 0.955. The van der Waals surface area contributed by atoms with E-state index in [1.54, 1.807) is 4.90 Å². The average Bonchev–Trinajstić information content (AvgIpc) is 2.44. The van der Waals surface area contributed by atoms with Gasteiger partial charge in [-0.05, 0) is 12.0 Å². The van der Waals surface area contributed by atoms with Crippen molar-refractivity contribution >= 4 is 12.0 Å². The lowest BCUT2D eigenvalue weighted by molar-refractivity contribution is -0.136. The van der Waals surface area contributed by atoms with Crippen molar-refractivity contribution in [1.82, 2.24) is 10.2 Å². The second-order valence-electron chi connectivity index (χ2n) is 4.36. The summed E-state index contributed by atoms with van der Waals surface area (Å²) in [4.78, 5) is 24.0. The maximum atomic E-state index is 12.0. The van der Waals surface area contributed by atoms with Crippen molar-refractivity contribution in [2.75, 3.05) is 19.7 Å². The van der Waals surface area contributed by atoms with Gasteiger partial charge in [-0.25, -0.2) is 4.79 Å². The molecule has 1 aromatic carbocycles. The second kappa shape index (κ2) is 8.92. The normalized spacial score (nSPS) is 10.1. The number of carboxylic acids is 1. The third-order valence-electron chi connectivity index (χ3n) is 2.70. The molecule has 0 unspecified atom stereocenters. The Labute approximate surface area is 118 Å². The van der Waals surface area contributed by atoms with E-state index in [1.165, 1.54) is 0 Å². The number of hydrogen-bond acceptors (Lipinski definition) is 3. The molecule has 0 aliphatic heterocycles. The first-order chi connectivity index (χ1) is 9.63. The summed E-state index contributed by atoms with van der Waals surface area (Å²) in [5, 5.41) is 20.0. The number of amides is 2. The topological polar surface area (TPSA) is 89.9 Å². The van der Waals surface area contributed by atoms with Crippen LogP contribution < -0.4 is 5.32 Å². The van der Waals surface area contributed by atoms with Crippen LogP contribution in [0, 0.1) is 0 Å². The van der Waals surface area contributed by atoms with Gasteiger partial charge in [0.2, 0.25) is 0 Å². The van der Waals surface area contributed by atoms with Gasteiger partial charge >= 0.3 is 12.0 Å². The van der Waals surface area contributed by atoms with Crippen molar-refractivity contribution in [3.63, 3.8) is 0 Å². The predicted molar refractivity (Wildman–Crippen MR) is 74.2 cm³/mol. The van der Waals surface area contributed by atoms with E-state index in [-0.39, 0.29) is 25.6 Å². The van der Waals surface area contributed by atoms with Gasteiger partial charge < -0.3 is 20.4 Å². The van der Waals surface area contributed by atoms with Gasteiger partial charge in [0.25, 0.3) is 0 Å². The van der Waals surface area contributed by atoms with Crippen LogP contribution in [0.4, 0.5) is 4.79 Å². The summed E-state index contributed by atoms with van der Waals surface area (Å²) >= 11 is 0. The van der Waals surface area contributed by atoms with E-state index in [0.29, 0.717) is 19.5 Å². The molecule has 0 fully saturated rings. The summed E-state index contributed by atoms with van der Waals surface area (Å²) in [6, 6.07) is 9.19. The van der Waals surface area contributed by atoms with Crippen molar-refractivity contribution in [3.8, 4) is 0 Å². The van der Waals surface area contributed by atoms with Crippen LogP contribution in [0.15, 0.2) is 30.3 Å². The number of hydrogen-bond donors (Lipinski definition) is 3. The van der Waals surface area contributed by atoms with Crippen LogP contribution >= 0.6 is 0 Å². The van der Waals surface area contributed by atoms with Crippen LogP contribution in [0.1, 0.15) is 18.4 Å². The fourth-order valence-electron chi connectivity index (χ4n) is 1.71. The van der Waals surface area contributed by atoms with Crippen molar-refractivity contribution in [3.05, 3.63) is 35.9 Å². The zero-order chi connectivity index (χ0) is 14.8. The van der Waals surface area contributed by atoms with Crippen LogP contribution in [0.2, 0.25) is 0 Å². The molecule has 0 aliphatic rings. The number of nitrogens with zero attached hydrogens (tertiary/aromatic N) is 1. The Kier molecular flexibility index (Phi) is 7.13. The molecule has 20 heavy (non-hydrogen) atoms. The molecule has 0 aromatic heterocycles. The highest BCUT2D eigenvalue weighted by atomic mass is 16.4. The molecule has 0 saturated carbocycles. The van der Waals surface area contributed by atoms with Gasteiger partial charge in [0.15, 0.2) is 0 Å². The number of carboxylic acid groups (broad SMARTS) is 1. The van der Waals surface area contributed by atoms with E-state index in [1.807, 2.05) is 30.3 Å². The lowest BCUT2D eigenvalue weighted by Gasteiger charge is -2.22. The highest BCUT2D eigenvalue weighted by Crippen LogP contribution is 2.05. The van der Waals surface area contributed by atoms with E-state index in [0.717, 1.165) is 5.56 Å². The SMILES string of the molecule is O=C(O)CCNC(=O)N(CCCO)Cc1ccccc1. The molecule has 110 valence electrons. The summed E-state index contributed by atoms with van der Waals surface area (Å²) in [6.07, 6.45) is 0.379. The fourth-order valence-corrected chi connectivity index (χ4v) is 1.71. The van der Waals surface area contributed by atoms with Gasteiger partial charge in [-0.15, -0.1) is 0 Å². The number of aliphatic carboxylic acids is 1. The standard InChI is InChI=1S/C14H20N2O4/c17-10-4-9-16(11-12-5-2-1-3-6-12)14(20)15-8-7-13(18)19/h1-3,5-6,17H,4,7-11H2,(H,15,20)(H,18,19). The van der Waals surface area contributed by atoms with Crippen molar-refractivity contribution in [2.45, 2.75) is 19.4 Å². The highest BCUT2D eigenvalue weighted by Gasteiger charge is 2.13. The first kappa shape index (κ1) is 16.0. The summed E-state index contributed by atoms with van der Waals surface area (Å²) in [5.41, 5.74) is 0.985. The Hall–Kier alpha value is -2.08. The molecule has 0 heterocycles. The molecule has 0 aliphatic carbocycles. The molecule has 3 N–H and O–H groups in total. The number of carbonyl (C=O) groups is 2. The van der Waals surface area contributed by atoms with Gasteiger partial charge in [-0.3, -0.25) is 4.79 Å². The van der Waals surface area contributed by atoms with Gasteiger partial charge in [0, 0.05) is 26.2 Å². The molecular weight excluding hydrogens is 260 g/mol. The summed E-state index contributed by atoms with van der Waals surface area (Å²) < 4.78 is 0. The zero-order valence-electron chi connectivity index (χ0n) is 11.3. The first-order valence-corrected chi connectivity index (χ1v) is 6.53. The Morgan fingerprint density at radius 1 is 1.20 bits per heavy atom. The number of urea groups is 1. The minimum atomic E-state index is -0.949. The molecule has 6 heteroatoms. The monoisotopic (exact) mass is 280 g/mol. The molecule has 1 rings (SSSR count).